The number of amides is 2. The molecule has 2 N–H and O–H groups in total. The van der Waals surface area contributed by atoms with Gasteiger partial charge in [0.1, 0.15) is 17.1 Å². The van der Waals surface area contributed by atoms with Gasteiger partial charge in [-0.15, -0.1) is 0 Å². The molecular weight excluding hydrogens is 406 g/mol. The summed E-state index contributed by atoms with van der Waals surface area (Å²) in [5, 5.41) is 9.19. The molecular formula is C25H23N3O4. The number of hydrogen-bond acceptors (Lipinski definition) is 4. The Kier molecular flexibility index (Phi) is 3.65. The summed E-state index contributed by atoms with van der Waals surface area (Å²) in [6.07, 6.45) is 0. The minimum atomic E-state index is -0.637. The van der Waals surface area contributed by atoms with E-state index in [0.717, 1.165) is 21.9 Å². The van der Waals surface area contributed by atoms with Crippen molar-refractivity contribution >= 4 is 38.6 Å². The van der Waals surface area contributed by atoms with Crippen molar-refractivity contribution in [1.82, 2.24) is 15.2 Å². The Morgan fingerprint density at radius 3 is 2.50 bits per heavy atom. The number of aryl methyl sites for hydroxylation is 1. The van der Waals surface area contributed by atoms with Gasteiger partial charge in [0.25, 0.3) is 0 Å². The maximum absolute atomic E-state index is 13.8. The number of benzene rings is 3. The Hall–Kier alpha value is -3.74. The molecule has 3 aromatic carbocycles. The number of rotatable bonds is 1. The average Bonchev–Trinajstić information content (AvgIpc) is 3.17. The molecule has 0 bridgehead atoms. The van der Waals surface area contributed by atoms with E-state index in [1.807, 2.05) is 61.9 Å². The van der Waals surface area contributed by atoms with Crippen molar-refractivity contribution in [2.45, 2.75) is 31.5 Å². The number of carbonyl (C=O) groups is 1. The van der Waals surface area contributed by atoms with Gasteiger partial charge >= 0.3 is 6.03 Å². The van der Waals surface area contributed by atoms with Crippen molar-refractivity contribution in [2.75, 3.05) is 7.11 Å². The Bertz CT molecular complexity index is 1540. The first-order valence-electron chi connectivity index (χ1n) is 10.6. The second kappa shape index (κ2) is 6.16. The van der Waals surface area contributed by atoms with E-state index in [1.165, 1.54) is 0 Å². The van der Waals surface area contributed by atoms with Gasteiger partial charge in [-0.1, -0.05) is 24.3 Å². The van der Waals surface area contributed by atoms with Gasteiger partial charge in [-0.25, -0.2) is 4.79 Å². The molecule has 162 valence electrons. The molecule has 3 heterocycles. The zero-order chi connectivity index (χ0) is 22.4. The number of ether oxygens (including phenoxy) is 2. The smallest absolute Gasteiger partial charge is 0.315 e. The first kappa shape index (κ1) is 19.0. The van der Waals surface area contributed by atoms with Crippen LogP contribution >= 0.6 is 0 Å². The maximum Gasteiger partial charge on any atom is 0.315 e. The van der Waals surface area contributed by atoms with Gasteiger partial charge in [-0.3, -0.25) is 4.79 Å². The van der Waals surface area contributed by atoms with Gasteiger partial charge in [0.05, 0.1) is 35.6 Å². The van der Waals surface area contributed by atoms with E-state index >= 15 is 0 Å². The fraction of sp³-hybridized carbons (Fsp3) is 0.280. The minimum absolute atomic E-state index is 0.0998. The monoisotopic (exact) mass is 429 g/mol. The fourth-order valence-corrected chi connectivity index (χ4v) is 5.35. The Morgan fingerprint density at radius 2 is 1.78 bits per heavy atom. The number of nitrogens with zero attached hydrogens (tertiary/aromatic N) is 1. The van der Waals surface area contributed by atoms with Crippen LogP contribution in [0, 0.1) is 0 Å². The van der Waals surface area contributed by atoms with E-state index in [2.05, 4.69) is 10.6 Å². The average molecular weight is 429 g/mol. The number of nitrogens with one attached hydrogen (secondary N) is 2. The van der Waals surface area contributed by atoms with Crippen molar-refractivity contribution in [2.24, 2.45) is 7.05 Å². The highest BCUT2D eigenvalue weighted by molar-refractivity contribution is 6.04. The number of pyridine rings is 1. The van der Waals surface area contributed by atoms with Crippen molar-refractivity contribution in [1.29, 1.82) is 0 Å². The number of carbonyl (C=O) groups excluding carboxylic acids is 1. The second-order valence-corrected chi connectivity index (χ2v) is 9.10. The topological polar surface area (TPSA) is 81.6 Å². The van der Waals surface area contributed by atoms with Gasteiger partial charge in [0.2, 0.25) is 5.43 Å². The second-order valence-electron chi connectivity index (χ2n) is 9.10. The van der Waals surface area contributed by atoms with Crippen LogP contribution in [0.5, 0.6) is 11.5 Å². The quantitative estimate of drug-likeness (QED) is 0.452. The van der Waals surface area contributed by atoms with Gasteiger partial charge in [-0.05, 0) is 36.8 Å². The van der Waals surface area contributed by atoms with Crippen LogP contribution in [-0.4, -0.2) is 29.4 Å². The summed E-state index contributed by atoms with van der Waals surface area (Å²) in [5.74, 6) is 1.07. The molecule has 7 nitrogen and oxygen atoms in total. The van der Waals surface area contributed by atoms with Gasteiger partial charge in [0.15, 0.2) is 0 Å². The predicted octanol–water partition coefficient (Wildman–Crippen LogP) is 3.75. The third-order valence-corrected chi connectivity index (χ3v) is 6.86. The van der Waals surface area contributed by atoms with Gasteiger partial charge in [0, 0.05) is 24.1 Å². The zero-order valence-corrected chi connectivity index (χ0v) is 18.3. The number of urea groups is 1. The SMILES string of the molecule is COc1cc2c(c3c1c(=O)c1cc4ccccc4cc1n3C)C1NC(=O)NC1C(C)(C)O2. The molecule has 4 aromatic rings. The Labute approximate surface area is 183 Å². The molecule has 2 atom stereocenters. The predicted molar refractivity (Wildman–Crippen MR) is 124 cm³/mol. The van der Waals surface area contributed by atoms with Crippen molar-refractivity contribution in [3.63, 3.8) is 0 Å². The summed E-state index contributed by atoms with van der Waals surface area (Å²) in [7, 11) is 3.50. The molecule has 7 heteroatoms. The van der Waals surface area contributed by atoms with Gasteiger partial charge < -0.3 is 24.7 Å². The van der Waals surface area contributed by atoms with Crippen molar-refractivity contribution in [3.05, 3.63) is 58.3 Å². The lowest BCUT2D eigenvalue weighted by Gasteiger charge is -2.41. The molecule has 6 rings (SSSR count). The summed E-state index contributed by atoms with van der Waals surface area (Å²) in [6.45, 7) is 3.90. The molecule has 32 heavy (non-hydrogen) atoms. The molecule has 2 aliphatic rings. The van der Waals surface area contributed by atoms with Crippen LogP contribution in [-0.2, 0) is 7.05 Å². The molecule has 0 aliphatic carbocycles. The molecule has 0 radical (unpaired) electrons. The molecule has 2 unspecified atom stereocenters. The molecule has 0 saturated carbocycles. The standard InChI is InChI=1S/C25H23N3O4/c1-25(2)23-20(26-24(30)27-23)18-17(32-25)11-16(31-4)19-21(18)28(3)15-10-13-8-6-5-7-12(13)9-14(15)22(19)29/h5-11,20,23H,1-4H3,(H2,26,27,30). The summed E-state index contributed by atoms with van der Waals surface area (Å²) >= 11 is 0. The number of fused-ring (bicyclic) bond motifs is 7. The van der Waals surface area contributed by atoms with Crippen LogP contribution in [0.15, 0.2) is 47.3 Å². The molecule has 1 saturated heterocycles. The minimum Gasteiger partial charge on any atom is -0.496 e. The van der Waals surface area contributed by atoms with E-state index in [1.54, 1.807) is 13.2 Å². The summed E-state index contributed by atoms with van der Waals surface area (Å²) in [6, 6.07) is 12.9. The summed E-state index contributed by atoms with van der Waals surface area (Å²) in [4.78, 5) is 26.1. The third kappa shape index (κ3) is 2.36. The van der Waals surface area contributed by atoms with E-state index in [-0.39, 0.29) is 23.5 Å². The van der Waals surface area contributed by atoms with Crippen LogP contribution in [0.1, 0.15) is 25.5 Å². The highest BCUT2D eigenvalue weighted by Gasteiger charge is 2.50. The highest BCUT2D eigenvalue weighted by atomic mass is 16.5. The summed E-state index contributed by atoms with van der Waals surface area (Å²) < 4.78 is 14.0. The summed E-state index contributed by atoms with van der Waals surface area (Å²) in [5.41, 5.74) is 1.58. The zero-order valence-electron chi connectivity index (χ0n) is 18.3. The van der Waals surface area contributed by atoms with Crippen LogP contribution < -0.4 is 25.5 Å². The third-order valence-electron chi connectivity index (χ3n) is 6.86. The van der Waals surface area contributed by atoms with Crippen LogP contribution in [0.2, 0.25) is 0 Å². The van der Waals surface area contributed by atoms with Gasteiger partial charge in [-0.2, -0.15) is 0 Å². The number of hydrogen-bond donors (Lipinski definition) is 2. The van der Waals surface area contributed by atoms with Crippen LogP contribution in [0.4, 0.5) is 4.79 Å². The lowest BCUT2D eigenvalue weighted by molar-refractivity contribution is 0.0469. The van der Waals surface area contributed by atoms with Crippen LogP contribution in [0.3, 0.4) is 0 Å². The normalized spacial score (nSPS) is 21.1. The lowest BCUT2D eigenvalue weighted by atomic mass is 9.84. The Morgan fingerprint density at radius 1 is 1.06 bits per heavy atom. The molecule has 1 aromatic heterocycles. The highest BCUT2D eigenvalue weighted by Crippen LogP contribution is 2.47. The molecule has 2 aliphatic heterocycles. The largest absolute Gasteiger partial charge is 0.496 e. The van der Waals surface area contributed by atoms with E-state index in [9.17, 15) is 9.59 Å². The molecule has 0 spiro atoms. The van der Waals surface area contributed by atoms with E-state index in [0.29, 0.717) is 27.8 Å². The first-order chi connectivity index (χ1) is 15.3. The number of aromatic nitrogens is 1. The maximum atomic E-state index is 13.8. The fourth-order valence-electron chi connectivity index (χ4n) is 5.35. The lowest BCUT2D eigenvalue weighted by Crippen LogP contribution is -2.53. The first-order valence-corrected chi connectivity index (χ1v) is 10.6. The van der Waals surface area contributed by atoms with E-state index in [4.69, 9.17) is 9.47 Å². The molecule has 2 amide bonds. The number of methoxy groups -OCH3 is 1. The van der Waals surface area contributed by atoms with Crippen molar-refractivity contribution in [3.8, 4) is 11.5 Å². The van der Waals surface area contributed by atoms with Crippen molar-refractivity contribution < 1.29 is 14.3 Å². The van der Waals surface area contributed by atoms with E-state index < -0.39 is 5.60 Å². The van der Waals surface area contributed by atoms with Crippen LogP contribution in [0.25, 0.3) is 32.6 Å². The Balaban J connectivity index is 1.81. The molecule has 1 fully saturated rings.